The third-order valence-electron chi connectivity index (χ3n) is 3.43. The van der Waals surface area contributed by atoms with Crippen molar-refractivity contribution in [2.24, 2.45) is 5.16 Å². The average Bonchev–Trinajstić information content (AvgIpc) is 2.99. The van der Waals surface area contributed by atoms with Gasteiger partial charge in [0.1, 0.15) is 24.4 Å². The molecule has 3 aliphatic rings. The third kappa shape index (κ3) is 2.11. The zero-order valence-electron chi connectivity index (χ0n) is 11.0. The fourth-order valence-corrected chi connectivity index (χ4v) is 2.64. The minimum Gasteiger partial charge on any atom is -0.377 e. The molecule has 1 unspecified atom stereocenters. The maximum atomic E-state index is 8.81. The molecule has 19 heavy (non-hydrogen) atoms. The highest BCUT2D eigenvalue weighted by Crippen LogP contribution is 2.39. The number of fused-ring (bicyclic) bond motifs is 1. The van der Waals surface area contributed by atoms with E-state index in [-0.39, 0.29) is 12.2 Å². The van der Waals surface area contributed by atoms with Gasteiger partial charge in [-0.2, -0.15) is 5.26 Å². The van der Waals surface area contributed by atoms with Crippen molar-refractivity contribution in [2.75, 3.05) is 7.11 Å². The molecule has 0 aromatic carbocycles. The number of nitriles is 1. The van der Waals surface area contributed by atoms with Crippen LogP contribution in [0.5, 0.6) is 0 Å². The first-order chi connectivity index (χ1) is 9.04. The number of hydrogen-bond donors (Lipinski definition) is 0. The van der Waals surface area contributed by atoms with Gasteiger partial charge < -0.3 is 23.8 Å². The molecule has 7 nitrogen and oxygen atoms in total. The minimum absolute atomic E-state index is 0.297. The molecule has 0 aromatic heterocycles. The molecular weight excluding hydrogens is 252 g/mol. The summed E-state index contributed by atoms with van der Waals surface area (Å²) < 4.78 is 22.7. The Balaban J connectivity index is 1.74. The van der Waals surface area contributed by atoms with E-state index in [4.69, 9.17) is 29.0 Å². The van der Waals surface area contributed by atoms with Gasteiger partial charge >= 0.3 is 0 Å². The van der Waals surface area contributed by atoms with E-state index in [1.54, 1.807) is 7.11 Å². The van der Waals surface area contributed by atoms with Crippen molar-refractivity contribution >= 4 is 5.71 Å². The zero-order valence-corrected chi connectivity index (χ0v) is 11.0. The Morgan fingerprint density at radius 1 is 1.42 bits per heavy atom. The van der Waals surface area contributed by atoms with Gasteiger partial charge in [-0.3, -0.25) is 0 Å². The first-order valence-electron chi connectivity index (χ1n) is 6.20. The Kier molecular flexibility index (Phi) is 2.98. The van der Waals surface area contributed by atoms with E-state index in [0.29, 0.717) is 12.1 Å². The second kappa shape index (κ2) is 4.42. The van der Waals surface area contributed by atoms with Crippen LogP contribution in [0.1, 0.15) is 20.3 Å². The van der Waals surface area contributed by atoms with E-state index in [9.17, 15) is 0 Å². The highest BCUT2D eigenvalue weighted by atomic mass is 16.8. The summed E-state index contributed by atoms with van der Waals surface area (Å²) in [6, 6.07) is 2.02. The van der Waals surface area contributed by atoms with Crippen LogP contribution in [0, 0.1) is 11.3 Å². The van der Waals surface area contributed by atoms with Gasteiger partial charge in [-0.05, 0) is 13.8 Å². The summed E-state index contributed by atoms with van der Waals surface area (Å²) in [7, 11) is 1.59. The average molecular weight is 268 g/mol. The Labute approximate surface area is 111 Å². The maximum Gasteiger partial charge on any atom is 0.218 e. The molecule has 3 aliphatic heterocycles. The lowest BCUT2D eigenvalue weighted by Crippen LogP contribution is -2.39. The van der Waals surface area contributed by atoms with Crippen molar-refractivity contribution in [2.45, 2.75) is 56.8 Å². The molecule has 0 radical (unpaired) electrons. The lowest BCUT2D eigenvalue weighted by molar-refractivity contribution is -0.208. The number of nitrogens with zero attached hydrogens (tertiary/aromatic N) is 2. The molecule has 3 heterocycles. The van der Waals surface area contributed by atoms with Crippen LogP contribution in [0.2, 0.25) is 0 Å². The molecule has 3 rings (SSSR count). The highest BCUT2D eigenvalue weighted by molar-refractivity contribution is 5.91. The molecule has 0 spiro atoms. The predicted octanol–water partition coefficient (Wildman–Crippen LogP) is 0.546. The maximum absolute atomic E-state index is 8.81. The molecule has 0 bridgehead atoms. The minimum atomic E-state index is -0.680. The molecular formula is C12H16N2O5. The van der Waals surface area contributed by atoms with Crippen LogP contribution in [-0.4, -0.2) is 49.3 Å². The largest absolute Gasteiger partial charge is 0.377 e. The van der Waals surface area contributed by atoms with Crippen molar-refractivity contribution in [1.29, 1.82) is 5.26 Å². The Morgan fingerprint density at radius 2 is 2.21 bits per heavy atom. The second-order valence-corrected chi connectivity index (χ2v) is 5.24. The molecule has 0 aromatic rings. The van der Waals surface area contributed by atoms with Gasteiger partial charge in [0.15, 0.2) is 12.1 Å². The molecule has 104 valence electrons. The first-order valence-corrected chi connectivity index (χ1v) is 6.20. The molecule has 0 amide bonds. The van der Waals surface area contributed by atoms with Gasteiger partial charge in [-0.1, -0.05) is 5.16 Å². The molecule has 2 fully saturated rings. The van der Waals surface area contributed by atoms with Crippen LogP contribution in [0.4, 0.5) is 0 Å². The number of rotatable bonds is 2. The standard InChI is InChI=1S/C12H16N2O5/c1-12(2)17-10-9(15-3)8(16-11(10)18-12)7-4-6(5-13)19-14-7/h6,8-11H,4H2,1-3H3/t6?,8-,9+,10-,11-/m1/s1. The van der Waals surface area contributed by atoms with E-state index in [1.807, 2.05) is 19.9 Å². The van der Waals surface area contributed by atoms with Gasteiger partial charge in [-0.15, -0.1) is 0 Å². The summed E-state index contributed by atoms with van der Waals surface area (Å²) >= 11 is 0. The van der Waals surface area contributed by atoms with Crippen molar-refractivity contribution < 1.29 is 23.8 Å². The summed E-state index contributed by atoms with van der Waals surface area (Å²) in [5, 5.41) is 12.7. The lowest BCUT2D eigenvalue weighted by Gasteiger charge is -2.24. The summed E-state index contributed by atoms with van der Waals surface area (Å²) in [5.74, 6) is -0.680. The van der Waals surface area contributed by atoms with Crippen LogP contribution < -0.4 is 0 Å². The quantitative estimate of drug-likeness (QED) is 0.727. The number of ether oxygens (including phenoxy) is 4. The van der Waals surface area contributed by atoms with Crippen LogP contribution >= 0.6 is 0 Å². The number of hydrogen-bond acceptors (Lipinski definition) is 7. The lowest BCUT2D eigenvalue weighted by atomic mass is 10.0. The van der Waals surface area contributed by atoms with E-state index in [0.717, 1.165) is 0 Å². The normalized spacial score (nSPS) is 43.5. The summed E-state index contributed by atoms with van der Waals surface area (Å²) in [6.07, 6.45) is -1.61. The van der Waals surface area contributed by atoms with Crippen molar-refractivity contribution in [3.63, 3.8) is 0 Å². The molecule has 0 aliphatic carbocycles. The Bertz CT molecular complexity index is 444. The fourth-order valence-electron chi connectivity index (χ4n) is 2.64. The van der Waals surface area contributed by atoms with Crippen LogP contribution in [0.15, 0.2) is 5.16 Å². The number of methoxy groups -OCH3 is 1. The Morgan fingerprint density at radius 3 is 2.84 bits per heavy atom. The highest BCUT2D eigenvalue weighted by Gasteiger charge is 2.57. The molecule has 7 heteroatoms. The van der Waals surface area contributed by atoms with E-state index < -0.39 is 24.3 Å². The van der Waals surface area contributed by atoms with E-state index in [1.165, 1.54) is 0 Å². The van der Waals surface area contributed by atoms with Crippen LogP contribution in [0.3, 0.4) is 0 Å². The molecule has 0 saturated carbocycles. The summed E-state index contributed by atoms with van der Waals surface area (Å²) in [5.41, 5.74) is 0.665. The van der Waals surface area contributed by atoms with Gasteiger partial charge in [0.05, 0.1) is 5.71 Å². The van der Waals surface area contributed by atoms with Crippen LogP contribution in [-0.2, 0) is 23.8 Å². The second-order valence-electron chi connectivity index (χ2n) is 5.24. The monoisotopic (exact) mass is 268 g/mol. The Hall–Kier alpha value is -1.20. The van der Waals surface area contributed by atoms with Crippen molar-refractivity contribution in [1.82, 2.24) is 0 Å². The number of oxime groups is 1. The summed E-state index contributed by atoms with van der Waals surface area (Å²) in [4.78, 5) is 4.99. The predicted molar refractivity (Wildman–Crippen MR) is 62.0 cm³/mol. The van der Waals surface area contributed by atoms with Gasteiger partial charge in [0, 0.05) is 13.5 Å². The van der Waals surface area contributed by atoms with Crippen molar-refractivity contribution in [3.8, 4) is 6.07 Å². The van der Waals surface area contributed by atoms with E-state index in [2.05, 4.69) is 5.16 Å². The zero-order chi connectivity index (χ0) is 13.6. The SMILES string of the molecule is CO[C@@H]1[C@H]2OC(C)(C)O[C@H]2O[C@@H]1C1=NOC(C#N)C1. The third-order valence-corrected chi connectivity index (χ3v) is 3.43. The van der Waals surface area contributed by atoms with Gasteiger partial charge in [-0.25, -0.2) is 0 Å². The molecule has 2 saturated heterocycles. The fraction of sp³-hybridized carbons (Fsp3) is 0.833. The smallest absolute Gasteiger partial charge is 0.218 e. The topological polar surface area (TPSA) is 82.3 Å². The van der Waals surface area contributed by atoms with E-state index >= 15 is 0 Å². The first kappa shape index (κ1) is 12.8. The van der Waals surface area contributed by atoms with Gasteiger partial charge in [0.2, 0.25) is 6.10 Å². The van der Waals surface area contributed by atoms with Crippen molar-refractivity contribution in [3.05, 3.63) is 0 Å². The molecule has 5 atom stereocenters. The summed E-state index contributed by atoms with van der Waals surface area (Å²) in [6.45, 7) is 3.66. The van der Waals surface area contributed by atoms with Crippen LogP contribution in [0.25, 0.3) is 0 Å². The molecule has 0 N–H and O–H groups in total. The van der Waals surface area contributed by atoms with Gasteiger partial charge in [0.25, 0.3) is 0 Å².